The number of amides is 2. The third-order valence-corrected chi connectivity index (χ3v) is 4.12. The Morgan fingerprint density at radius 1 is 1.20 bits per heavy atom. The first-order valence-corrected chi connectivity index (χ1v) is 7.25. The summed E-state index contributed by atoms with van der Waals surface area (Å²) in [5.41, 5.74) is 2.36. The largest absolute Gasteiger partial charge is 0.299 e. The average molecular weight is 272 g/mol. The molecule has 0 bridgehead atoms. The summed E-state index contributed by atoms with van der Waals surface area (Å²) in [6, 6.07) is 8.13. The Labute approximate surface area is 119 Å². The number of carbonyl (C=O) groups is 2. The molecule has 1 aromatic carbocycles. The lowest BCUT2D eigenvalue weighted by Gasteiger charge is -2.19. The van der Waals surface area contributed by atoms with Crippen LogP contribution < -0.4 is 5.32 Å². The normalized spacial score (nSPS) is 24.3. The van der Waals surface area contributed by atoms with Gasteiger partial charge in [0.05, 0.1) is 12.5 Å². The zero-order valence-corrected chi connectivity index (χ0v) is 11.9. The first kappa shape index (κ1) is 13.3. The summed E-state index contributed by atoms with van der Waals surface area (Å²) in [6.45, 7) is 4.08. The fourth-order valence-corrected chi connectivity index (χ4v) is 2.75. The first-order valence-electron chi connectivity index (χ1n) is 7.25. The van der Waals surface area contributed by atoms with Gasteiger partial charge < -0.3 is 0 Å². The Kier molecular flexibility index (Phi) is 3.34. The van der Waals surface area contributed by atoms with E-state index in [0.717, 1.165) is 18.4 Å². The Bertz CT molecular complexity index is 534. The molecule has 4 nitrogen and oxygen atoms in total. The molecule has 2 unspecified atom stereocenters. The van der Waals surface area contributed by atoms with Crippen molar-refractivity contribution in [1.82, 2.24) is 10.2 Å². The molecule has 4 heteroatoms. The van der Waals surface area contributed by atoms with Crippen LogP contribution in [0.4, 0.5) is 0 Å². The van der Waals surface area contributed by atoms with Crippen molar-refractivity contribution in [3.05, 3.63) is 35.4 Å². The highest BCUT2D eigenvalue weighted by Gasteiger charge is 2.46. The molecule has 1 N–H and O–H groups in total. The van der Waals surface area contributed by atoms with Crippen molar-refractivity contribution in [1.29, 1.82) is 0 Å². The third kappa shape index (κ3) is 2.48. The molecule has 1 aromatic rings. The maximum Gasteiger partial charge on any atom is 0.247 e. The second-order valence-corrected chi connectivity index (χ2v) is 5.89. The van der Waals surface area contributed by atoms with Gasteiger partial charge in [0.25, 0.3) is 0 Å². The summed E-state index contributed by atoms with van der Waals surface area (Å²) in [4.78, 5) is 25.6. The molecule has 2 atom stereocenters. The van der Waals surface area contributed by atoms with E-state index in [1.54, 1.807) is 0 Å². The van der Waals surface area contributed by atoms with Crippen molar-refractivity contribution < 1.29 is 9.59 Å². The van der Waals surface area contributed by atoms with E-state index in [4.69, 9.17) is 0 Å². The van der Waals surface area contributed by atoms with Gasteiger partial charge in [-0.05, 0) is 32.3 Å². The lowest BCUT2D eigenvalue weighted by atomic mass is 10.1. The van der Waals surface area contributed by atoms with Gasteiger partial charge in [-0.2, -0.15) is 0 Å². The molecule has 2 fully saturated rings. The minimum Gasteiger partial charge on any atom is -0.299 e. The summed E-state index contributed by atoms with van der Waals surface area (Å²) in [5, 5.41) is 3.30. The van der Waals surface area contributed by atoms with E-state index in [1.807, 2.05) is 6.92 Å². The number of rotatable bonds is 4. The van der Waals surface area contributed by atoms with Crippen molar-refractivity contribution in [3.8, 4) is 0 Å². The quantitative estimate of drug-likeness (QED) is 0.852. The van der Waals surface area contributed by atoms with Crippen molar-refractivity contribution in [3.63, 3.8) is 0 Å². The van der Waals surface area contributed by atoms with Gasteiger partial charge in [0.2, 0.25) is 11.8 Å². The van der Waals surface area contributed by atoms with Gasteiger partial charge in [0.1, 0.15) is 0 Å². The fourth-order valence-electron chi connectivity index (χ4n) is 2.75. The molecule has 1 aliphatic heterocycles. The Morgan fingerprint density at radius 2 is 1.85 bits per heavy atom. The number of nitrogens with zero attached hydrogens (tertiary/aromatic N) is 1. The molecule has 1 saturated carbocycles. The lowest BCUT2D eigenvalue weighted by Crippen LogP contribution is -2.40. The van der Waals surface area contributed by atoms with Crippen molar-refractivity contribution in [2.45, 2.75) is 51.2 Å². The van der Waals surface area contributed by atoms with Crippen LogP contribution in [0.5, 0.6) is 0 Å². The van der Waals surface area contributed by atoms with Gasteiger partial charge in [-0.25, -0.2) is 0 Å². The highest BCUT2D eigenvalue weighted by atomic mass is 16.2. The Morgan fingerprint density at radius 3 is 2.45 bits per heavy atom. The number of carbonyl (C=O) groups excluding carboxylic acids is 2. The van der Waals surface area contributed by atoms with Crippen LogP contribution in [0.2, 0.25) is 0 Å². The highest BCUT2D eigenvalue weighted by Crippen LogP contribution is 2.32. The monoisotopic (exact) mass is 272 g/mol. The maximum absolute atomic E-state index is 12.3. The molecule has 0 spiro atoms. The van der Waals surface area contributed by atoms with Crippen molar-refractivity contribution in [2.75, 3.05) is 0 Å². The molecule has 0 radical (unpaired) electrons. The van der Waals surface area contributed by atoms with Crippen LogP contribution in [0.1, 0.15) is 43.4 Å². The molecule has 1 aliphatic carbocycles. The molecule has 0 aromatic heterocycles. The summed E-state index contributed by atoms with van der Waals surface area (Å²) >= 11 is 0. The van der Waals surface area contributed by atoms with Crippen LogP contribution in [0, 0.1) is 6.92 Å². The van der Waals surface area contributed by atoms with Gasteiger partial charge in [0.15, 0.2) is 0 Å². The maximum atomic E-state index is 12.3. The Hall–Kier alpha value is -1.68. The van der Waals surface area contributed by atoms with Crippen molar-refractivity contribution >= 4 is 11.8 Å². The summed E-state index contributed by atoms with van der Waals surface area (Å²) < 4.78 is 0. The van der Waals surface area contributed by atoms with Crippen LogP contribution in [0.3, 0.4) is 0 Å². The predicted molar refractivity (Wildman–Crippen MR) is 76.0 cm³/mol. The third-order valence-electron chi connectivity index (χ3n) is 4.12. The molecule has 20 heavy (non-hydrogen) atoms. The van der Waals surface area contributed by atoms with Gasteiger partial charge in [-0.15, -0.1) is 0 Å². The zero-order chi connectivity index (χ0) is 14.3. The molecule has 1 heterocycles. The molecular weight excluding hydrogens is 252 g/mol. The van der Waals surface area contributed by atoms with Gasteiger partial charge in [-0.1, -0.05) is 29.8 Å². The highest BCUT2D eigenvalue weighted by molar-refractivity contribution is 6.06. The van der Waals surface area contributed by atoms with Crippen LogP contribution in [-0.4, -0.2) is 28.8 Å². The molecular formula is C16H20N2O2. The number of likely N-dealkylation sites (tertiary alicyclic amines) is 1. The standard InChI is InChI=1S/C16H20N2O2/c1-10-3-5-12(6-4-10)11(2)17-14-9-15(19)18(16(14)20)13-7-8-13/h3-6,11,13-14,17H,7-9H2,1-2H3. The van der Waals surface area contributed by atoms with E-state index in [2.05, 4.69) is 36.5 Å². The van der Waals surface area contributed by atoms with Gasteiger partial charge >= 0.3 is 0 Å². The van der Waals surface area contributed by atoms with Crippen molar-refractivity contribution in [2.24, 2.45) is 0 Å². The second-order valence-electron chi connectivity index (χ2n) is 5.89. The molecule has 106 valence electrons. The first-order chi connectivity index (χ1) is 9.56. The average Bonchev–Trinajstić information content (AvgIpc) is 3.19. The lowest BCUT2D eigenvalue weighted by molar-refractivity contribution is -0.139. The van der Waals surface area contributed by atoms with Crippen LogP contribution in [0.15, 0.2) is 24.3 Å². The summed E-state index contributed by atoms with van der Waals surface area (Å²) in [5.74, 6) is -0.0671. The minimum atomic E-state index is -0.362. The molecule has 2 aliphatic rings. The van der Waals surface area contributed by atoms with Crippen LogP contribution >= 0.6 is 0 Å². The van der Waals surface area contributed by atoms with E-state index < -0.39 is 0 Å². The van der Waals surface area contributed by atoms with E-state index >= 15 is 0 Å². The van der Waals surface area contributed by atoms with E-state index in [1.165, 1.54) is 10.5 Å². The Balaban J connectivity index is 1.67. The molecule has 2 amide bonds. The number of nitrogens with one attached hydrogen (secondary N) is 1. The number of aryl methyl sites for hydroxylation is 1. The van der Waals surface area contributed by atoms with E-state index in [-0.39, 0.29) is 29.9 Å². The number of hydrogen-bond donors (Lipinski definition) is 1. The number of benzene rings is 1. The van der Waals surface area contributed by atoms with Crippen LogP contribution in [-0.2, 0) is 9.59 Å². The smallest absolute Gasteiger partial charge is 0.247 e. The fraction of sp³-hybridized carbons (Fsp3) is 0.500. The van der Waals surface area contributed by atoms with Gasteiger partial charge in [-0.3, -0.25) is 19.8 Å². The van der Waals surface area contributed by atoms with E-state index in [0.29, 0.717) is 6.42 Å². The second kappa shape index (κ2) is 5.02. The predicted octanol–water partition coefficient (Wildman–Crippen LogP) is 1.94. The summed E-state index contributed by atoms with van der Waals surface area (Å²) in [6.07, 6.45) is 2.24. The number of imide groups is 1. The SMILES string of the molecule is Cc1ccc(C(C)NC2CC(=O)N(C3CC3)C2=O)cc1. The van der Waals surface area contributed by atoms with Crippen LogP contribution in [0.25, 0.3) is 0 Å². The molecule has 3 rings (SSSR count). The van der Waals surface area contributed by atoms with Gasteiger partial charge in [0, 0.05) is 12.1 Å². The summed E-state index contributed by atoms with van der Waals surface area (Å²) in [7, 11) is 0. The topological polar surface area (TPSA) is 49.4 Å². The minimum absolute atomic E-state index is 0.0221. The zero-order valence-electron chi connectivity index (χ0n) is 11.9. The molecule has 1 saturated heterocycles. The van der Waals surface area contributed by atoms with E-state index in [9.17, 15) is 9.59 Å². The number of hydrogen-bond acceptors (Lipinski definition) is 3.